The highest BCUT2D eigenvalue weighted by molar-refractivity contribution is 7.98. The summed E-state index contributed by atoms with van der Waals surface area (Å²) in [7, 11) is 0. The number of hydrogen-bond acceptors (Lipinski definition) is 2. The van der Waals surface area contributed by atoms with Gasteiger partial charge in [-0.25, -0.2) is 0 Å². The van der Waals surface area contributed by atoms with Crippen LogP contribution in [0.3, 0.4) is 0 Å². The van der Waals surface area contributed by atoms with E-state index in [1.165, 1.54) is 5.56 Å². The van der Waals surface area contributed by atoms with Crippen LogP contribution in [-0.2, 0) is 12.4 Å². The van der Waals surface area contributed by atoms with Gasteiger partial charge in [-0.15, -0.1) is 0 Å². The van der Waals surface area contributed by atoms with E-state index in [1.54, 1.807) is 0 Å². The van der Waals surface area contributed by atoms with E-state index < -0.39 is 0 Å². The van der Waals surface area contributed by atoms with E-state index in [2.05, 4.69) is 25.1 Å². The molecule has 0 spiro atoms. The highest BCUT2D eigenvalue weighted by Gasteiger charge is 1.97. The van der Waals surface area contributed by atoms with Crippen molar-refractivity contribution in [2.45, 2.75) is 12.4 Å². The molecule has 18 heavy (non-hydrogen) atoms. The number of hydrogen-bond donors (Lipinski definition) is 0. The van der Waals surface area contributed by atoms with E-state index in [9.17, 15) is 0 Å². The summed E-state index contributed by atoms with van der Waals surface area (Å²) < 4.78 is 5.72. The van der Waals surface area contributed by atoms with Crippen molar-refractivity contribution in [2.24, 2.45) is 0 Å². The molecule has 92 valence electrons. The van der Waals surface area contributed by atoms with Gasteiger partial charge >= 0.3 is 0 Å². The summed E-state index contributed by atoms with van der Waals surface area (Å²) in [6.07, 6.45) is 0. The van der Waals surface area contributed by atoms with Crippen LogP contribution in [0.1, 0.15) is 11.1 Å². The van der Waals surface area contributed by atoms with Crippen LogP contribution in [0.15, 0.2) is 48.5 Å². The number of thioether (sulfide) groups is 1. The molecule has 0 atom stereocenters. The van der Waals surface area contributed by atoms with Gasteiger partial charge in [0.1, 0.15) is 12.4 Å². The summed E-state index contributed by atoms with van der Waals surface area (Å²) in [6, 6.07) is 19.1. The number of rotatable bonds is 6. The normalized spacial score (nSPS) is 10.3. The van der Waals surface area contributed by atoms with Crippen molar-refractivity contribution in [1.29, 1.82) is 0 Å². The molecule has 2 aromatic rings. The minimum atomic E-state index is 0.599. The molecule has 2 aromatic carbocycles. The van der Waals surface area contributed by atoms with Gasteiger partial charge in [-0.05, 0) is 42.0 Å². The molecule has 0 N–H and O–H groups in total. The first-order valence-electron chi connectivity index (χ1n) is 5.92. The first-order valence-corrected chi connectivity index (χ1v) is 7.07. The van der Waals surface area contributed by atoms with E-state index in [-0.39, 0.29) is 0 Å². The lowest BCUT2D eigenvalue weighted by molar-refractivity contribution is 0.306. The van der Waals surface area contributed by atoms with Gasteiger partial charge in [0.2, 0.25) is 0 Å². The van der Waals surface area contributed by atoms with Crippen LogP contribution in [0.25, 0.3) is 0 Å². The third-order valence-corrected chi connectivity index (χ3v) is 3.36. The molecule has 0 unspecified atom stereocenters. The van der Waals surface area contributed by atoms with Crippen molar-refractivity contribution in [3.05, 3.63) is 72.6 Å². The third kappa shape index (κ3) is 4.11. The molecule has 0 saturated heterocycles. The predicted molar refractivity (Wildman–Crippen MR) is 77.6 cm³/mol. The second kappa shape index (κ2) is 7.12. The van der Waals surface area contributed by atoms with Gasteiger partial charge in [-0.3, -0.25) is 0 Å². The molecule has 0 bridgehead atoms. The maximum Gasteiger partial charge on any atom is 0.119 e. The number of ether oxygens (including phenoxy) is 1. The topological polar surface area (TPSA) is 9.23 Å². The van der Waals surface area contributed by atoms with Gasteiger partial charge in [0.25, 0.3) is 0 Å². The molecule has 0 saturated carbocycles. The van der Waals surface area contributed by atoms with Gasteiger partial charge in [0, 0.05) is 5.75 Å². The Labute approximate surface area is 113 Å². The van der Waals surface area contributed by atoms with E-state index in [0.29, 0.717) is 6.61 Å². The van der Waals surface area contributed by atoms with Crippen molar-refractivity contribution in [3.8, 4) is 5.75 Å². The average molecular weight is 256 g/mol. The molecule has 0 fully saturated rings. The summed E-state index contributed by atoms with van der Waals surface area (Å²) in [5, 5.41) is 0. The van der Waals surface area contributed by atoms with E-state index >= 15 is 0 Å². The Bertz CT molecular complexity index is 450. The fraction of sp³-hybridized carbons (Fsp3) is 0.188. The van der Waals surface area contributed by atoms with E-state index in [0.717, 1.165) is 22.8 Å². The van der Waals surface area contributed by atoms with Crippen molar-refractivity contribution < 1.29 is 4.74 Å². The van der Waals surface area contributed by atoms with Gasteiger partial charge < -0.3 is 4.74 Å². The average Bonchev–Trinajstić information content (AvgIpc) is 2.45. The molecular weight excluding hydrogens is 240 g/mol. The van der Waals surface area contributed by atoms with Crippen LogP contribution in [0.2, 0.25) is 0 Å². The van der Waals surface area contributed by atoms with Crippen molar-refractivity contribution in [2.75, 3.05) is 5.75 Å². The Balaban J connectivity index is 1.86. The first kappa shape index (κ1) is 13.0. The molecule has 1 nitrogen and oxygen atoms in total. The molecule has 0 aliphatic carbocycles. The van der Waals surface area contributed by atoms with E-state index in [1.807, 2.05) is 48.2 Å². The monoisotopic (exact) mass is 256 g/mol. The molecule has 2 heteroatoms. The number of benzene rings is 2. The Kier molecular flexibility index (Phi) is 5.15. The molecule has 0 aromatic heterocycles. The summed E-state index contributed by atoms with van der Waals surface area (Å²) in [6.45, 7) is 4.42. The minimum absolute atomic E-state index is 0.599. The molecule has 2 radical (unpaired) electrons. The van der Waals surface area contributed by atoms with Crippen LogP contribution in [0, 0.1) is 13.0 Å². The summed E-state index contributed by atoms with van der Waals surface area (Å²) in [5.74, 6) is 2.83. The quantitative estimate of drug-likeness (QED) is 0.768. The summed E-state index contributed by atoms with van der Waals surface area (Å²) in [4.78, 5) is 0. The molecule has 0 amide bonds. The van der Waals surface area contributed by atoms with Gasteiger partial charge in [0.05, 0.1) is 0 Å². The fourth-order valence-electron chi connectivity index (χ4n) is 1.56. The zero-order chi connectivity index (χ0) is 12.6. The molecule has 2 rings (SSSR count). The van der Waals surface area contributed by atoms with Crippen LogP contribution >= 0.6 is 11.8 Å². The van der Waals surface area contributed by atoms with Crippen LogP contribution in [0.5, 0.6) is 5.75 Å². The zero-order valence-electron chi connectivity index (χ0n) is 10.3. The lowest BCUT2D eigenvalue weighted by Crippen LogP contribution is -1.95. The zero-order valence-corrected chi connectivity index (χ0v) is 11.1. The highest BCUT2D eigenvalue weighted by Crippen LogP contribution is 2.17. The first-order chi connectivity index (χ1) is 8.88. The fourth-order valence-corrected chi connectivity index (χ4v) is 2.13. The Morgan fingerprint density at radius 1 is 1.00 bits per heavy atom. The predicted octanol–water partition coefficient (Wildman–Crippen LogP) is 4.13. The highest BCUT2D eigenvalue weighted by atomic mass is 32.2. The van der Waals surface area contributed by atoms with Crippen molar-refractivity contribution in [3.63, 3.8) is 0 Å². The van der Waals surface area contributed by atoms with E-state index in [4.69, 9.17) is 4.74 Å². The lowest BCUT2D eigenvalue weighted by atomic mass is 10.2. The molecule has 0 aliphatic rings. The second-order valence-corrected chi connectivity index (χ2v) is 5.00. The van der Waals surface area contributed by atoms with Crippen LogP contribution in [0.4, 0.5) is 0 Å². The van der Waals surface area contributed by atoms with Crippen molar-refractivity contribution >= 4 is 11.8 Å². The molecular formula is C16H16OS. The largest absolute Gasteiger partial charge is 0.489 e. The lowest BCUT2D eigenvalue weighted by Gasteiger charge is -2.07. The molecule has 0 aliphatic heterocycles. The SMILES string of the molecule is [CH2]CSCc1ccc(OCc2cc[c]cc2)cc1. The van der Waals surface area contributed by atoms with Crippen LogP contribution < -0.4 is 4.74 Å². The Morgan fingerprint density at radius 2 is 1.72 bits per heavy atom. The minimum Gasteiger partial charge on any atom is -0.489 e. The smallest absolute Gasteiger partial charge is 0.119 e. The Hall–Kier alpha value is -1.41. The van der Waals surface area contributed by atoms with Gasteiger partial charge in [-0.1, -0.05) is 36.4 Å². The van der Waals surface area contributed by atoms with Gasteiger partial charge in [0.15, 0.2) is 0 Å². The summed E-state index contributed by atoms with van der Waals surface area (Å²) in [5.41, 5.74) is 2.47. The van der Waals surface area contributed by atoms with Crippen molar-refractivity contribution in [1.82, 2.24) is 0 Å². The maximum absolute atomic E-state index is 5.72. The standard InChI is InChI=1S/C16H16OS/c1-2-18-13-15-8-10-16(11-9-15)17-12-14-6-4-3-5-7-14/h4-11H,1-2,12-13H2. The third-order valence-electron chi connectivity index (χ3n) is 2.53. The maximum atomic E-state index is 5.72. The molecule has 0 heterocycles. The second-order valence-electron chi connectivity index (χ2n) is 3.89. The van der Waals surface area contributed by atoms with Gasteiger partial charge in [-0.2, -0.15) is 11.8 Å². The Morgan fingerprint density at radius 3 is 2.39 bits per heavy atom. The summed E-state index contributed by atoms with van der Waals surface area (Å²) >= 11 is 1.82. The van der Waals surface area contributed by atoms with Crippen LogP contribution in [-0.4, -0.2) is 5.75 Å².